The molecule has 0 radical (unpaired) electrons. The summed E-state index contributed by atoms with van der Waals surface area (Å²) < 4.78 is 1.40. The lowest BCUT2D eigenvalue weighted by Gasteiger charge is -1.96. The number of hydrogen-bond acceptors (Lipinski definition) is 4. The molecule has 0 spiro atoms. The highest BCUT2D eigenvalue weighted by atomic mass is 32.1. The zero-order valence-electron chi connectivity index (χ0n) is 10.4. The van der Waals surface area contributed by atoms with Gasteiger partial charge in [0.1, 0.15) is 5.01 Å². The number of hydrogen-bond donors (Lipinski definition) is 1. The van der Waals surface area contributed by atoms with Gasteiger partial charge in [-0.15, -0.1) is 0 Å². The number of carboxylic acid groups (broad SMARTS) is 1. The summed E-state index contributed by atoms with van der Waals surface area (Å²) in [4.78, 5) is 16.0. The average molecular weight is 273 g/mol. The second kappa shape index (κ2) is 4.17. The normalized spacial score (nSPS) is 11.1. The summed E-state index contributed by atoms with van der Waals surface area (Å²) >= 11 is 1.39. The number of nitrogens with zero attached hydrogens (tertiary/aromatic N) is 3. The molecule has 0 aliphatic rings. The summed E-state index contributed by atoms with van der Waals surface area (Å²) in [6.45, 7) is 3.70. The maximum Gasteiger partial charge on any atom is 0.356 e. The first-order valence-corrected chi connectivity index (χ1v) is 6.54. The first kappa shape index (κ1) is 11.9. The van der Waals surface area contributed by atoms with Crippen molar-refractivity contribution in [3.05, 3.63) is 41.2 Å². The second-order valence-corrected chi connectivity index (χ2v) is 5.27. The van der Waals surface area contributed by atoms with Gasteiger partial charge in [0.05, 0.1) is 5.69 Å². The Hall–Kier alpha value is -2.21. The van der Waals surface area contributed by atoms with E-state index in [-0.39, 0.29) is 5.69 Å². The molecular formula is C13H11N3O2S. The van der Waals surface area contributed by atoms with Crippen molar-refractivity contribution in [1.82, 2.24) is 14.6 Å². The molecule has 3 rings (SSSR count). The number of imidazole rings is 1. The fraction of sp³-hybridized carbons (Fsp3) is 0.154. The van der Waals surface area contributed by atoms with Crippen LogP contribution < -0.4 is 0 Å². The van der Waals surface area contributed by atoms with Crippen molar-refractivity contribution < 1.29 is 9.90 Å². The van der Waals surface area contributed by atoms with Gasteiger partial charge < -0.3 is 5.11 Å². The molecule has 0 aliphatic carbocycles. The van der Waals surface area contributed by atoms with Gasteiger partial charge in [-0.3, -0.25) is 0 Å². The number of rotatable bonds is 2. The number of aromatic carboxylic acids is 1. The zero-order chi connectivity index (χ0) is 13.6. The molecular weight excluding hydrogens is 262 g/mol. The molecule has 0 amide bonds. The van der Waals surface area contributed by atoms with E-state index in [0.717, 1.165) is 10.6 Å². The summed E-state index contributed by atoms with van der Waals surface area (Å²) in [6, 6.07) is 7.95. The van der Waals surface area contributed by atoms with Crippen LogP contribution in [0.5, 0.6) is 0 Å². The van der Waals surface area contributed by atoms with Crippen molar-refractivity contribution in [3.63, 3.8) is 0 Å². The third-order valence-corrected chi connectivity index (χ3v) is 3.84. The molecule has 0 aliphatic heterocycles. The maximum atomic E-state index is 11.2. The molecule has 1 N–H and O–H groups in total. The third kappa shape index (κ3) is 1.90. The van der Waals surface area contributed by atoms with Crippen molar-refractivity contribution in [2.45, 2.75) is 13.8 Å². The van der Waals surface area contributed by atoms with Gasteiger partial charge in [-0.1, -0.05) is 41.2 Å². The van der Waals surface area contributed by atoms with Crippen LogP contribution >= 0.6 is 11.3 Å². The van der Waals surface area contributed by atoms with E-state index in [1.807, 2.05) is 31.2 Å². The fourth-order valence-electron chi connectivity index (χ4n) is 1.91. The van der Waals surface area contributed by atoms with Gasteiger partial charge in [0, 0.05) is 5.56 Å². The van der Waals surface area contributed by atoms with Crippen molar-refractivity contribution in [2.75, 3.05) is 0 Å². The third-order valence-electron chi connectivity index (χ3n) is 2.88. The van der Waals surface area contributed by atoms with Crippen LogP contribution in [0, 0.1) is 13.8 Å². The van der Waals surface area contributed by atoms with E-state index in [0.29, 0.717) is 10.7 Å². The first-order valence-electron chi connectivity index (χ1n) is 5.73. The number of carboxylic acids is 1. The summed E-state index contributed by atoms with van der Waals surface area (Å²) in [5.41, 5.74) is 2.76. The fourth-order valence-corrected chi connectivity index (χ4v) is 2.86. The minimum atomic E-state index is -1.01. The molecule has 2 heterocycles. The van der Waals surface area contributed by atoms with Crippen LogP contribution in [-0.4, -0.2) is 25.7 Å². The number of benzene rings is 1. The summed E-state index contributed by atoms with van der Waals surface area (Å²) in [5, 5.41) is 14.3. The Morgan fingerprint density at radius 1 is 1.26 bits per heavy atom. The van der Waals surface area contributed by atoms with Crippen LogP contribution in [0.2, 0.25) is 0 Å². The molecule has 0 fully saturated rings. The summed E-state index contributed by atoms with van der Waals surface area (Å²) in [7, 11) is 0. The smallest absolute Gasteiger partial charge is 0.356 e. The Balaban J connectivity index is 2.17. The van der Waals surface area contributed by atoms with Crippen LogP contribution in [-0.2, 0) is 0 Å². The van der Waals surface area contributed by atoms with Crippen molar-refractivity contribution in [2.24, 2.45) is 0 Å². The predicted octanol–water partition coefficient (Wildman–Crippen LogP) is 2.77. The predicted molar refractivity (Wildman–Crippen MR) is 72.7 cm³/mol. The molecule has 5 nitrogen and oxygen atoms in total. The van der Waals surface area contributed by atoms with Gasteiger partial charge in [0.25, 0.3) is 0 Å². The van der Waals surface area contributed by atoms with Crippen LogP contribution in [0.3, 0.4) is 0 Å². The minimum absolute atomic E-state index is 0.129. The number of aromatic nitrogens is 3. The van der Waals surface area contributed by atoms with Gasteiger partial charge in [0.2, 0.25) is 4.96 Å². The lowest BCUT2D eigenvalue weighted by Crippen LogP contribution is -2.04. The molecule has 0 bridgehead atoms. The number of carbonyl (C=O) groups is 1. The maximum absolute atomic E-state index is 11.2. The van der Waals surface area contributed by atoms with Crippen LogP contribution in [0.1, 0.15) is 21.7 Å². The van der Waals surface area contributed by atoms with Crippen molar-refractivity contribution in [1.29, 1.82) is 0 Å². The van der Waals surface area contributed by atoms with Crippen LogP contribution in [0.25, 0.3) is 15.5 Å². The molecule has 6 heteroatoms. The zero-order valence-corrected chi connectivity index (χ0v) is 11.2. The number of aryl methyl sites for hydroxylation is 2. The van der Waals surface area contributed by atoms with Crippen LogP contribution in [0.4, 0.5) is 0 Å². The van der Waals surface area contributed by atoms with E-state index in [4.69, 9.17) is 0 Å². The average Bonchev–Trinajstić information content (AvgIpc) is 2.85. The Morgan fingerprint density at radius 3 is 2.58 bits per heavy atom. The molecule has 0 atom stereocenters. The van der Waals surface area contributed by atoms with E-state index in [9.17, 15) is 9.90 Å². The Bertz CT molecular complexity index is 771. The molecule has 0 saturated carbocycles. The standard InChI is InChI=1S/C13H11N3O2S/c1-7-3-5-9(6-4-7)11-15-16-10(12(17)18)8(2)14-13(16)19-11/h3-6H,1-2H3,(H,17,18). The van der Waals surface area contributed by atoms with Gasteiger partial charge in [0.15, 0.2) is 5.69 Å². The van der Waals surface area contributed by atoms with E-state index in [2.05, 4.69) is 10.1 Å². The van der Waals surface area contributed by atoms with E-state index in [1.54, 1.807) is 6.92 Å². The number of fused-ring (bicyclic) bond motifs is 1. The SMILES string of the molecule is Cc1ccc(-c2nn3c(C(=O)O)c(C)nc3s2)cc1. The highest BCUT2D eigenvalue weighted by molar-refractivity contribution is 7.19. The minimum Gasteiger partial charge on any atom is -0.476 e. The van der Waals surface area contributed by atoms with E-state index < -0.39 is 5.97 Å². The van der Waals surface area contributed by atoms with E-state index in [1.165, 1.54) is 21.4 Å². The summed E-state index contributed by atoms with van der Waals surface area (Å²) in [5.74, 6) is -1.01. The molecule has 0 unspecified atom stereocenters. The molecule has 1 aromatic carbocycles. The molecule has 0 saturated heterocycles. The highest BCUT2D eigenvalue weighted by Crippen LogP contribution is 2.27. The van der Waals surface area contributed by atoms with Crippen molar-refractivity contribution >= 4 is 22.3 Å². The van der Waals surface area contributed by atoms with Gasteiger partial charge in [-0.2, -0.15) is 9.61 Å². The Kier molecular flexibility index (Phi) is 2.60. The quantitative estimate of drug-likeness (QED) is 0.779. The molecule has 2 aromatic heterocycles. The molecule has 19 heavy (non-hydrogen) atoms. The van der Waals surface area contributed by atoms with E-state index >= 15 is 0 Å². The largest absolute Gasteiger partial charge is 0.476 e. The Morgan fingerprint density at radius 2 is 1.95 bits per heavy atom. The topological polar surface area (TPSA) is 67.5 Å². The van der Waals surface area contributed by atoms with Crippen LogP contribution in [0.15, 0.2) is 24.3 Å². The van der Waals surface area contributed by atoms with Gasteiger partial charge >= 0.3 is 5.97 Å². The molecule has 96 valence electrons. The Labute approximate surface area is 113 Å². The van der Waals surface area contributed by atoms with Gasteiger partial charge in [-0.05, 0) is 13.8 Å². The summed E-state index contributed by atoms with van der Waals surface area (Å²) in [6.07, 6.45) is 0. The lowest BCUT2D eigenvalue weighted by molar-refractivity contribution is 0.0687. The highest BCUT2D eigenvalue weighted by Gasteiger charge is 2.19. The van der Waals surface area contributed by atoms with Crippen molar-refractivity contribution in [3.8, 4) is 10.6 Å². The lowest BCUT2D eigenvalue weighted by atomic mass is 10.2. The van der Waals surface area contributed by atoms with Gasteiger partial charge in [-0.25, -0.2) is 9.78 Å². The first-order chi connectivity index (χ1) is 9.06. The monoisotopic (exact) mass is 273 g/mol. The second-order valence-electron chi connectivity index (χ2n) is 4.32. The molecule has 3 aromatic rings.